The second kappa shape index (κ2) is 5.65. The molecule has 1 N–H and O–H groups in total. The molecule has 2 rings (SSSR count). The van der Waals surface area contributed by atoms with Gasteiger partial charge in [0.2, 0.25) is 0 Å². The zero-order valence-electron chi connectivity index (χ0n) is 11.5. The van der Waals surface area contributed by atoms with E-state index in [0.717, 1.165) is 30.6 Å². The smallest absolute Gasteiger partial charge is 0.178 e. The molecule has 0 unspecified atom stereocenters. The number of para-hydroxylation sites is 1. The molecule has 1 aromatic carbocycles. The number of imidazole rings is 1. The number of rotatable bonds is 5. The molecule has 0 radical (unpaired) electrons. The number of methoxy groups -OCH3 is 1. The molecule has 3 nitrogen and oxygen atoms in total. The number of fused-ring (bicyclic) bond motifs is 1. The standard InChI is InChI=1S/C14H19ClN2OS/c1-14(2,7-8-18-3)9-17-11-6-4-5-10(15)12(11)16-13(17)19/h4-6H,7-9H2,1-3H3,(H,16,19). The summed E-state index contributed by atoms with van der Waals surface area (Å²) in [6, 6.07) is 5.86. The normalized spacial score (nSPS) is 12.2. The molecule has 1 aromatic heterocycles. The molecule has 0 amide bonds. The molecule has 0 atom stereocenters. The van der Waals surface area contributed by atoms with E-state index in [4.69, 9.17) is 28.6 Å². The Morgan fingerprint density at radius 1 is 1.42 bits per heavy atom. The summed E-state index contributed by atoms with van der Waals surface area (Å²) in [4.78, 5) is 3.19. The SMILES string of the molecule is COCCC(C)(C)Cn1c(=S)[nH]c2c(Cl)cccc21. The van der Waals surface area contributed by atoms with Crippen molar-refractivity contribution in [1.82, 2.24) is 9.55 Å². The lowest BCUT2D eigenvalue weighted by atomic mass is 9.89. The molecule has 0 spiro atoms. The van der Waals surface area contributed by atoms with Gasteiger partial charge in [0.1, 0.15) is 0 Å². The molecular formula is C14H19ClN2OS. The summed E-state index contributed by atoms with van der Waals surface area (Å²) in [5.41, 5.74) is 2.09. The summed E-state index contributed by atoms with van der Waals surface area (Å²) >= 11 is 11.6. The number of aromatic amines is 1. The summed E-state index contributed by atoms with van der Waals surface area (Å²) < 4.78 is 8.00. The second-order valence-electron chi connectivity index (χ2n) is 5.56. The van der Waals surface area contributed by atoms with E-state index >= 15 is 0 Å². The minimum Gasteiger partial charge on any atom is -0.385 e. The number of nitrogens with one attached hydrogen (secondary N) is 1. The van der Waals surface area contributed by atoms with Gasteiger partial charge in [-0.15, -0.1) is 0 Å². The molecule has 0 fully saturated rings. The molecule has 0 saturated heterocycles. The van der Waals surface area contributed by atoms with Crippen molar-refractivity contribution in [2.24, 2.45) is 5.41 Å². The number of nitrogens with zero attached hydrogens (tertiary/aromatic N) is 1. The Morgan fingerprint density at radius 3 is 2.84 bits per heavy atom. The molecule has 1 heterocycles. The Kier molecular flexibility index (Phi) is 4.33. The Hall–Kier alpha value is -0.840. The van der Waals surface area contributed by atoms with Gasteiger partial charge < -0.3 is 14.3 Å². The third-order valence-corrected chi connectivity index (χ3v) is 3.97. The van der Waals surface area contributed by atoms with E-state index < -0.39 is 0 Å². The Balaban J connectivity index is 2.38. The molecule has 104 valence electrons. The number of H-pyrrole nitrogens is 1. The van der Waals surface area contributed by atoms with Crippen molar-refractivity contribution in [2.75, 3.05) is 13.7 Å². The van der Waals surface area contributed by atoms with Crippen LogP contribution in [0.25, 0.3) is 11.0 Å². The number of hydrogen-bond acceptors (Lipinski definition) is 2. The van der Waals surface area contributed by atoms with Crippen LogP contribution in [0.4, 0.5) is 0 Å². The summed E-state index contributed by atoms with van der Waals surface area (Å²) in [6.07, 6.45) is 0.985. The fourth-order valence-electron chi connectivity index (χ4n) is 2.19. The minimum atomic E-state index is 0.117. The first kappa shape index (κ1) is 14.6. The van der Waals surface area contributed by atoms with E-state index in [1.54, 1.807) is 7.11 Å². The Morgan fingerprint density at radius 2 is 2.16 bits per heavy atom. The number of benzene rings is 1. The largest absolute Gasteiger partial charge is 0.385 e. The van der Waals surface area contributed by atoms with E-state index in [9.17, 15) is 0 Å². The lowest BCUT2D eigenvalue weighted by molar-refractivity contribution is 0.143. The van der Waals surface area contributed by atoms with Crippen molar-refractivity contribution in [3.8, 4) is 0 Å². The summed E-state index contributed by atoms with van der Waals surface area (Å²) in [7, 11) is 1.73. The van der Waals surface area contributed by atoms with Crippen LogP contribution in [0.1, 0.15) is 20.3 Å². The quantitative estimate of drug-likeness (QED) is 0.828. The van der Waals surface area contributed by atoms with Gasteiger partial charge in [-0.25, -0.2) is 0 Å². The Bertz CT molecular complexity index is 630. The van der Waals surface area contributed by atoms with Gasteiger partial charge in [0.25, 0.3) is 0 Å². The van der Waals surface area contributed by atoms with Crippen LogP contribution in [-0.2, 0) is 11.3 Å². The lowest BCUT2D eigenvalue weighted by Gasteiger charge is -2.25. The van der Waals surface area contributed by atoms with Crippen molar-refractivity contribution in [3.63, 3.8) is 0 Å². The van der Waals surface area contributed by atoms with Crippen molar-refractivity contribution in [2.45, 2.75) is 26.8 Å². The van der Waals surface area contributed by atoms with Gasteiger partial charge in [-0.2, -0.15) is 0 Å². The highest BCUT2D eigenvalue weighted by Gasteiger charge is 2.20. The molecule has 19 heavy (non-hydrogen) atoms. The molecule has 5 heteroatoms. The van der Waals surface area contributed by atoms with Crippen LogP contribution in [0, 0.1) is 10.2 Å². The maximum Gasteiger partial charge on any atom is 0.178 e. The first-order valence-electron chi connectivity index (χ1n) is 6.30. The number of ether oxygens (including phenoxy) is 1. The molecular weight excluding hydrogens is 280 g/mol. The van der Waals surface area contributed by atoms with Crippen LogP contribution in [0.3, 0.4) is 0 Å². The van der Waals surface area contributed by atoms with Gasteiger partial charge in [0.05, 0.1) is 16.1 Å². The van der Waals surface area contributed by atoms with E-state index in [2.05, 4.69) is 23.4 Å². The zero-order chi connectivity index (χ0) is 14.0. The Labute approximate surface area is 123 Å². The number of hydrogen-bond donors (Lipinski definition) is 1. The van der Waals surface area contributed by atoms with Gasteiger partial charge >= 0.3 is 0 Å². The highest BCUT2D eigenvalue weighted by atomic mass is 35.5. The van der Waals surface area contributed by atoms with Crippen LogP contribution in [0.2, 0.25) is 5.02 Å². The van der Waals surface area contributed by atoms with Gasteiger partial charge in [0.15, 0.2) is 4.77 Å². The summed E-state index contributed by atoms with van der Waals surface area (Å²) in [6.45, 7) is 6.04. The highest BCUT2D eigenvalue weighted by molar-refractivity contribution is 7.71. The molecule has 0 saturated carbocycles. The second-order valence-corrected chi connectivity index (χ2v) is 6.35. The van der Waals surface area contributed by atoms with Crippen molar-refractivity contribution < 1.29 is 4.74 Å². The first-order chi connectivity index (χ1) is 8.94. The predicted octanol–water partition coefficient (Wildman–Crippen LogP) is 4.41. The molecule has 0 aliphatic rings. The van der Waals surface area contributed by atoms with Gasteiger partial charge in [-0.3, -0.25) is 0 Å². The molecule has 2 aromatic rings. The third kappa shape index (κ3) is 3.19. The van der Waals surface area contributed by atoms with Gasteiger partial charge in [-0.1, -0.05) is 31.5 Å². The van der Waals surface area contributed by atoms with E-state index in [1.807, 2.05) is 18.2 Å². The summed E-state index contributed by atoms with van der Waals surface area (Å²) in [5, 5.41) is 0.706. The molecule has 0 aliphatic carbocycles. The fourth-order valence-corrected chi connectivity index (χ4v) is 2.67. The average Bonchev–Trinajstić information content (AvgIpc) is 2.66. The average molecular weight is 299 g/mol. The van der Waals surface area contributed by atoms with Gasteiger partial charge in [0, 0.05) is 20.3 Å². The van der Waals surface area contributed by atoms with Crippen LogP contribution >= 0.6 is 23.8 Å². The maximum absolute atomic E-state index is 6.19. The lowest BCUT2D eigenvalue weighted by Crippen LogP contribution is -2.21. The molecule has 0 bridgehead atoms. The number of aromatic nitrogens is 2. The van der Waals surface area contributed by atoms with Crippen LogP contribution in [0.5, 0.6) is 0 Å². The molecule has 0 aliphatic heterocycles. The van der Waals surface area contributed by atoms with Crippen LogP contribution in [0.15, 0.2) is 18.2 Å². The minimum absolute atomic E-state index is 0.117. The van der Waals surface area contributed by atoms with Crippen molar-refractivity contribution in [1.29, 1.82) is 0 Å². The van der Waals surface area contributed by atoms with E-state index in [1.165, 1.54) is 0 Å². The summed E-state index contributed by atoms with van der Waals surface area (Å²) in [5.74, 6) is 0. The fraction of sp³-hybridized carbons (Fsp3) is 0.500. The van der Waals surface area contributed by atoms with Crippen molar-refractivity contribution >= 4 is 34.9 Å². The number of halogens is 1. The van der Waals surface area contributed by atoms with Gasteiger partial charge in [-0.05, 0) is 36.2 Å². The van der Waals surface area contributed by atoms with Crippen LogP contribution in [-0.4, -0.2) is 23.3 Å². The first-order valence-corrected chi connectivity index (χ1v) is 7.09. The topological polar surface area (TPSA) is 29.9 Å². The maximum atomic E-state index is 6.19. The third-order valence-electron chi connectivity index (χ3n) is 3.33. The van der Waals surface area contributed by atoms with E-state index in [-0.39, 0.29) is 5.41 Å². The zero-order valence-corrected chi connectivity index (χ0v) is 13.1. The highest BCUT2D eigenvalue weighted by Crippen LogP contribution is 2.28. The van der Waals surface area contributed by atoms with Crippen LogP contribution < -0.4 is 0 Å². The van der Waals surface area contributed by atoms with E-state index in [0.29, 0.717) is 9.79 Å². The monoisotopic (exact) mass is 298 g/mol. The predicted molar refractivity (Wildman–Crippen MR) is 82.4 cm³/mol. The van der Waals surface area contributed by atoms with Crippen molar-refractivity contribution in [3.05, 3.63) is 28.0 Å².